The van der Waals surface area contributed by atoms with Crippen molar-refractivity contribution >= 4 is 41.1 Å². The van der Waals surface area contributed by atoms with Crippen molar-refractivity contribution < 1.29 is 9.90 Å². The van der Waals surface area contributed by atoms with Crippen molar-refractivity contribution in [3.05, 3.63) is 79.7 Å². The second-order valence-corrected chi connectivity index (χ2v) is 6.32. The predicted octanol–water partition coefficient (Wildman–Crippen LogP) is 4.23. The Labute approximate surface area is 158 Å². The number of carboxylic acids is 1. The molecule has 0 atom stereocenters. The van der Waals surface area contributed by atoms with Crippen molar-refractivity contribution in [3.63, 3.8) is 0 Å². The van der Waals surface area contributed by atoms with Crippen LogP contribution >= 0.6 is 23.2 Å². The van der Waals surface area contributed by atoms with Crippen LogP contribution in [-0.4, -0.2) is 27.1 Å². The average Bonchev–Trinajstić information content (AvgIpc) is 2.88. The van der Waals surface area contributed by atoms with E-state index in [0.29, 0.717) is 16.9 Å². The van der Waals surface area contributed by atoms with Crippen LogP contribution in [0.5, 0.6) is 0 Å². The van der Waals surface area contributed by atoms with Crippen molar-refractivity contribution in [2.75, 3.05) is 0 Å². The molecular formula is C18H13Cl2N3O3. The molecule has 0 saturated carbocycles. The molecular weight excluding hydrogens is 377 g/mol. The molecule has 0 bridgehead atoms. The van der Waals surface area contributed by atoms with Gasteiger partial charge in [0.2, 0.25) is 0 Å². The van der Waals surface area contributed by atoms with Gasteiger partial charge in [-0.15, -0.1) is 0 Å². The molecule has 0 aliphatic heterocycles. The van der Waals surface area contributed by atoms with E-state index in [0.717, 1.165) is 0 Å². The lowest BCUT2D eigenvalue weighted by Gasteiger charge is -2.04. The van der Waals surface area contributed by atoms with E-state index in [1.54, 1.807) is 19.1 Å². The number of aromatic amines is 1. The number of nitrogens with zero attached hydrogens (tertiary/aromatic N) is 2. The van der Waals surface area contributed by atoms with Crippen LogP contribution in [0.2, 0.25) is 10.0 Å². The minimum atomic E-state index is -1.21. The number of nitrogens with one attached hydrogen (secondary N) is 1. The molecule has 1 aromatic heterocycles. The number of aryl methyl sites for hydroxylation is 1. The first-order chi connectivity index (χ1) is 12.4. The lowest BCUT2D eigenvalue weighted by molar-refractivity contribution is 0.0698. The highest BCUT2D eigenvalue weighted by atomic mass is 35.5. The van der Waals surface area contributed by atoms with Crippen LogP contribution in [0, 0.1) is 6.92 Å². The summed E-state index contributed by atoms with van der Waals surface area (Å²) in [7, 11) is 0. The minimum Gasteiger partial charge on any atom is -0.478 e. The summed E-state index contributed by atoms with van der Waals surface area (Å²) in [5, 5.41) is 12.6. The third kappa shape index (κ3) is 3.42. The summed E-state index contributed by atoms with van der Waals surface area (Å²) in [4.78, 5) is 28.2. The van der Waals surface area contributed by atoms with Crippen molar-refractivity contribution in [1.82, 2.24) is 9.78 Å². The molecule has 0 aliphatic rings. The molecule has 6 nitrogen and oxygen atoms in total. The Morgan fingerprint density at radius 1 is 1.23 bits per heavy atom. The molecule has 2 aromatic carbocycles. The highest BCUT2D eigenvalue weighted by Gasteiger charge is 2.16. The molecule has 132 valence electrons. The standard InChI is InChI=1S/C18H13Cl2N3O3/c1-10-14(17(24)23(22-10)12-5-3-2-4-6-12)9-21-16-13(18(25)26)7-11(19)8-15(16)20/h2-9,22H,1H3,(H,25,26). The lowest BCUT2D eigenvalue weighted by atomic mass is 10.2. The molecule has 0 saturated heterocycles. The molecule has 2 N–H and O–H groups in total. The summed E-state index contributed by atoms with van der Waals surface area (Å²) < 4.78 is 1.39. The quantitative estimate of drug-likeness (QED) is 0.654. The van der Waals surface area contributed by atoms with Crippen LogP contribution < -0.4 is 5.56 Å². The van der Waals surface area contributed by atoms with Gasteiger partial charge in [-0.25, -0.2) is 9.48 Å². The van der Waals surface area contributed by atoms with Crippen molar-refractivity contribution in [3.8, 4) is 5.69 Å². The fourth-order valence-electron chi connectivity index (χ4n) is 2.46. The van der Waals surface area contributed by atoms with E-state index in [1.807, 2.05) is 18.2 Å². The van der Waals surface area contributed by atoms with Gasteiger partial charge in [-0.3, -0.25) is 14.9 Å². The smallest absolute Gasteiger partial charge is 0.338 e. The van der Waals surface area contributed by atoms with Gasteiger partial charge in [-0.1, -0.05) is 41.4 Å². The summed E-state index contributed by atoms with van der Waals surface area (Å²) >= 11 is 11.9. The molecule has 0 amide bonds. The first-order valence-electron chi connectivity index (χ1n) is 7.52. The number of halogens is 2. The van der Waals surface area contributed by atoms with Crippen molar-refractivity contribution in [1.29, 1.82) is 0 Å². The molecule has 0 aliphatic carbocycles. The van der Waals surface area contributed by atoms with Gasteiger partial charge >= 0.3 is 5.97 Å². The zero-order chi connectivity index (χ0) is 18.8. The highest BCUT2D eigenvalue weighted by Crippen LogP contribution is 2.32. The van der Waals surface area contributed by atoms with Gasteiger partial charge in [-0.05, 0) is 31.2 Å². The number of carboxylic acid groups (broad SMARTS) is 1. The average molecular weight is 390 g/mol. The van der Waals surface area contributed by atoms with Gasteiger partial charge < -0.3 is 5.11 Å². The zero-order valence-corrected chi connectivity index (χ0v) is 15.0. The highest BCUT2D eigenvalue weighted by molar-refractivity contribution is 6.37. The van der Waals surface area contributed by atoms with Crippen LogP contribution in [0.25, 0.3) is 5.69 Å². The maximum Gasteiger partial charge on any atom is 0.338 e. The zero-order valence-electron chi connectivity index (χ0n) is 13.5. The van der Waals surface area contributed by atoms with Crippen molar-refractivity contribution in [2.24, 2.45) is 4.99 Å². The molecule has 0 spiro atoms. The second-order valence-electron chi connectivity index (χ2n) is 5.47. The summed E-state index contributed by atoms with van der Waals surface area (Å²) in [6, 6.07) is 11.7. The van der Waals surface area contributed by atoms with Crippen LogP contribution in [0.4, 0.5) is 5.69 Å². The number of para-hydroxylation sites is 1. The van der Waals surface area contributed by atoms with Crippen LogP contribution in [0.1, 0.15) is 21.6 Å². The third-order valence-corrected chi connectivity index (χ3v) is 4.22. The number of benzene rings is 2. The molecule has 0 unspecified atom stereocenters. The van der Waals surface area contributed by atoms with Gasteiger partial charge in [0.25, 0.3) is 5.56 Å². The van der Waals surface area contributed by atoms with E-state index < -0.39 is 5.97 Å². The van der Waals surface area contributed by atoms with E-state index in [9.17, 15) is 14.7 Å². The van der Waals surface area contributed by atoms with E-state index >= 15 is 0 Å². The van der Waals surface area contributed by atoms with Crippen LogP contribution in [-0.2, 0) is 0 Å². The molecule has 3 aromatic rings. The molecule has 1 heterocycles. The van der Waals surface area contributed by atoms with Gasteiger partial charge in [-0.2, -0.15) is 0 Å². The Morgan fingerprint density at radius 3 is 2.58 bits per heavy atom. The Balaban J connectivity index is 2.08. The Bertz CT molecular complexity index is 1070. The molecule has 3 rings (SSSR count). The normalized spacial score (nSPS) is 11.2. The molecule has 26 heavy (non-hydrogen) atoms. The number of hydrogen-bond acceptors (Lipinski definition) is 3. The molecule has 8 heteroatoms. The number of hydrogen-bond donors (Lipinski definition) is 2. The van der Waals surface area contributed by atoms with Gasteiger partial charge in [0, 0.05) is 16.9 Å². The topological polar surface area (TPSA) is 87.5 Å². The predicted molar refractivity (Wildman–Crippen MR) is 102 cm³/mol. The third-order valence-electron chi connectivity index (χ3n) is 3.71. The summed E-state index contributed by atoms with van der Waals surface area (Å²) in [5.41, 5.74) is 1.15. The number of aromatic nitrogens is 2. The number of carbonyl (C=O) groups is 1. The van der Waals surface area contributed by atoms with E-state index in [4.69, 9.17) is 23.2 Å². The number of rotatable bonds is 4. The van der Waals surface area contributed by atoms with Crippen LogP contribution in [0.3, 0.4) is 0 Å². The molecule has 0 radical (unpaired) electrons. The van der Waals surface area contributed by atoms with E-state index in [-0.39, 0.29) is 26.9 Å². The summed E-state index contributed by atoms with van der Waals surface area (Å²) in [5.74, 6) is -1.21. The Morgan fingerprint density at radius 2 is 1.92 bits per heavy atom. The molecule has 0 fully saturated rings. The number of aliphatic imine (C=N–C) groups is 1. The Kier molecular flexibility index (Phi) is 4.97. The monoisotopic (exact) mass is 389 g/mol. The van der Waals surface area contributed by atoms with Gasteiger partial charge in [0.15, 0.2) is 0 Å². The largest absolute Gasteiger partial charge is 0.478 e. The van der Waals surface area contributed by atoms with Gasteiger partial charge in [0.05, 0.1) is 27.5 Å². The van der Waals surface area contributed by atoms with E-state index in [1.165, 1.54) is 23.0 Å². The maximum atomic E-state index is 12.6. The summed E-state index contributed by atoms with van der Waals surface area (Å²) in [6.07, 6.45) is 1.30. The summed E-state index contributed by atoms with van der Waals surface area (Å²) in [6.45, 7) is 1.73. The second kappa shape index (κ2) is 7.19. The number of aromatic carboxylic acids is 1. The SMILES string of the molecule is Cc1[nH]n(-c2ccccc2)c(=O)c1C=Nc1c(Cl)cc(Cl)cc1C(=O)O. The van der Waals surface area contributed by atoms with Crippen molar-refractivity contribution in [2.45, 2.75) is 6.92 Å². The van der Waals surface area contributed by atoms with E-state index in [2.05, 4.69) is 10.1 Å². The maximum absolute atomic E-state index is 12.6. The Hall–Kier alpha value is -2.83. The first-order valence-corrected chi connectivity index (χ1v) is 8.27. The first kappa shape index (κ1) is 18.0. The fraction of sp³-hybridized carbons (Fsp3) is 0.0556. The van der Waals surface area contributed by atoms with Gasteiger partial charge in [0.1, 0.15) is 0 Å². The number of H-pyrrole nitrogens is 1. The lowest BCUT2D eigenvalue weighted by Crippen LogP contribution is -2.17. The minimum absolute atomic E-state index is 0.0369. The fourth-order valence-corrected chi connectivity index (χ4v) is 3.00. The van der Waals surface area contributed by atoms with Crippen LogP contribution in [0.15, 0.2) is 52.3 Å².